The molecule has 3 aromatic rings. The average molecular weight is 358 g/mol. The second kappa shape index (κ2) is 6.77. The molecule has 0 aliphatic heterocycles. The third kappa shape index (κ3) is 3.62. The van der Waals surface area contributed by atoms with Crippen LogP contribution in [0.5, 0.6) is 0 Å². The monoisotopic (exact) mass is 358 g/mol. The third-order valence-electron chi connectivity index (χ3n) is 3.78. The van der Waals surface area contributed by atoms with Crippen molar-refractivity contribution in [3.05, 3.63) is 70.9 Å². The van der Waals surface area contributed by atoms with Gasteiger partial charge in [-0.1, -0.05) is 42.5 Å². The number of aryl methyl sites for hydroxylation is 1. The van der Waals surface area contributed by atoms with Crippen molar-refractivity contribution >= 4 is 22.5 Å². The molecule has 126 valence electrons. The predicted molar refractivity (Wildman–Crippen MR) is 92.2 cm³/mol. The van der Waals surface area contributed by atoms with Crippen LogP contribution in [-0.4, -0.2) is 4.98 Å². The van der Waals surface area contributed by atoms with E-state index in [4.69, 9.17) is 0 Å². The summed E-state index contributed by atoms with van der Waals surface area (Å²) in [5.41, 5.74) is -0.109. The van der Waals surface area contributed by atoms with Crippen LogP contribution in [0.4, 0.5) is 13.2 Å². The van der Waals surface area contributed by atoms with E-state index >= 15 is 0 Å². The SMILES string of the molecule is Cc1cc(C(F)(F)F)c(C#N)c(SCc2cccc3ccccc23)n1. The minimum absolute atomic E-state index is 0.114. The Labute approximate surface area is 147 Å². The highest BCUT2D eigenvalue weighted by Gasteiger charge is 2.35. The quantitative estimate of drug-likeness (QED) is 0.561. The van der Waals surface area contributed by atoms with Crippen LogP contribution in [0.1, 0.15) is 22.4 Å². The lowest BCUT2D eigenvalue weighted by atomic mass is 10.1. The van der Waals surface area contributed by atoms with Gasteiger partial charge in [0.25, 0.3) is 0 Å². The number of nitriles is 1. The first-order chi connectivity index (χ1) is 11.9. The number of fused-ring (bicyclic) bond motifs is 1. The summed E-state index contributed by atoms with van der Waals surface area (Å²) in [4.78, 5) is 4.15. The Morgan fingerprint density at radius 3 is 2.56 bits per heavy atom. The first kappa shape index (κ1) is 17.3. The van der Waals surface area contributed by atoms with Crippen LogP contribution >= 0.6 is 11.8 Å². The molecule has 1 aromatic heterocycles. The van der Waals surface area contributed by atoms with Crippen molar-refractivity contribution in [2.24, 2.45) is 0 Å². The molecule has 0 aliphatic carbocycles. The Morgan fingerprint density at radius 2 is 1.84 bits per heavy atom. The van der Waals surface area contributed by atoms with Gasteiger partial charge in [0.15, 0.2) is 0 Å². The zero-order chi connectivity index (χ0) is 18.0. The molecule has 25 heavy (non-hydrogen) atoms. The van der Waals surface area contributed by atoms with Crippen LogP contribution in [-0.2, 0) is 11.9 Å². The van der Waals surface area contributed by atoms with Crippen LogP contribution < -0.4 is 0 Å². The van der Waals surface area contributed by atoms with Crippen molar-refractivity contribution in [2.75, 3.05) is 0 Å². The van der Waals surface area contributed by atoms with Crippen molar-refractivity contribution in [1.82, 2.24) is 4.98 Å². The van der Waals surface area contributed by atoms with Gasteiger partial charge < -0.3 is 0 Å². The lowest BCUT2D eigenvalue weighted by molar-refractivity contribution is -0.138. The minimum atomic E-state index is -4.58. The number of halogens is 3. The van der Waals surface area contributed by atoms with Gasteiger partial charge in [-0.15, -0.1) is 11.8 Å². The molecule has 0 unspecified atom stereocenters. The van der Waals surface area contributed by atoms with Crippen LogP contribution in [0.2, 0.25) is 0 Å². The van der Waals surface area contributed by atoms with E-state index in [-0.39, 0.29) is 10.7 Å². The molecule has 0 saturated heterocycles. The highest BCUT2D eigenvalue weighted by Crippen LogP contribution is 2.37. The van der Waals surface area contributed by atoms with Crippen molar-refractivity contribution in [1.29, 1.82) is 5.26 Å². The van der Waals surface area contributed by atoms with Gasteiger partial charge in [0.1, 0.15) is 11.1 Å². The number of nitrogens with zero attached hydrogens (tertiary/aromatic N) is 2. The summed E-state index contributed by atoms with van der Waals surface area (Å²) in [5, 5.41) is 11.4. The van der Waals surface area contributed by atoms with E-state index in [0.29, 0.717) is 5.75 Å². The zero-order valence-corrected chi connectivity index (χ0v) is 14.1. The van der Waals surface area contributed by atoms with Gasteiger partial charge in [0, 0.05) is 11.4 Å². The van der Waals surface area contributed by atoms with Gasteiger partial charge in [-0.25, -0.2) is 4.98 Å². The maximum atomic E-state index is 13.2. The molecule has 0 aliphatic rings. The van der Waals surface area contributed by atoms with E-state index in [1.165, 1.54) is 6.92 Å². The second-order valence-electron chi connectivity index (χ2n) is 5.53. The molecule has 0 fully saturated rings. The Morgan fingerprint density at radius 1 is 1.12 bits per heavy atom. The molecule has 0 radical (unpaired) electrons. The molecule has 1 heterocycles. The van der Waals surface area contributed by atoms with E-state index in [0.717, 1.165) is 34.2 Å². The predicted octanol–water partition coefficient (Wildman–Crippen LogP) is 5.73. The zero-order valence-electron chi connectivity index (χ0n) is 13.3. The Balaban J connectivity index is 1.98. The Hall–Kier alpha value is -2.52. The number of pyridine rings is 1. The molecular formula is C19H13F3N2S. The fourth-order valence-corrected chi connectivity index (χ4v) is 3.70. The molecule has 0 spiro atoms. The fraction of sp³-hybridized carbons (Fsp3) is 0.158. The fourth-order valence-electron chi connectivity index (χ4n) is 2.65. The smallest absolute Gasteiger partial charge is 0.245 e. The van der Waals surface area contributed by atoms with E-state index in [1.807, 2.05) is 42.5 Å². The number of alkyl halides is 3. The number of thioether (sulfide) groups is 1. The second-order valence-corrected chi connectivity index (χ2v) is 6.49. The molecular weight excluding hydrogens is 345 g/mol. The maximum absolute atomic E-state index is 13.2. The summed E-state index contributed by atoms with van der Waals surface area (Å²) in [7, 11) is 0. The molecule has 6 heteroatoms. The van der Waals surface area contributed by atoms with Crippen LogP contribution in [0.3, 0.4) is 0 Å². The van der Waals surface area contributed by atoms with Crippen molar-refractivity contribution in [2.45, 2.75) is 23.9 Å². The van der Waals surface area contributed by atoms with Gasteiger partial charge in [-0.2, -0.15) is 18.4 Å². The highest BCUT2D eigenvalue weighted by atomic mass is 32.2. The minimum Gasteiger partial charge on any atom is -0.245 e. The number of aromatic nitrogens is 1. The van der Waals surface area contributed by atoms with Crippen LogP contribution in [0.15, 0.2) is 53.6 Å². The number of hydrogen-bond acceptors (Lipinski definition) is 3. The van der Waals surface area contributed by atoms with Crippen LogP contribution in [0, 0.1) is 18.3 Å². The van der Waals surface area contributed by atoms with E-state index in [9.17, 15) is 18.4 Å². The molecule has 0 saturated carbocycles. The Kier molecular flexibility index (Phi) is 4.69. The molecule has 2 aromatic carbocycles. The Bertz CT molecular complexity index is 969. The lowest BCUT2D eigenvalue weighted by Crippen LogP contribution is -2.10. The normalized spacial score (nSPS) is 11.5. The first-order valence-corrected chi connectivity index (χ1v) is 8.47. The molecule has 0 N–H and O–H groups in total. The summed E-state index contributed by atoms with van der Waals surface area (Å²) in [6.07, 6.45) is -4.58. The number of rotatable bonds is 3. The average Bonchev–Trinajstić information content (AvgIpc) is 2.58. The van der Waals surface area contributed by atoms with E-state index in [2.05, 4.69) is 4.98 Å². The van der Waals surface area contributed by atoms with Crippen molar-refractivity contribution < 1.29 is 13.2 Å². The van der Waals surface area contributed by atoms with Gasteiger partial charge in [0.2, 0.25) is 0 Å². The summed E-state index contributed by atoms with van der Waals surface area (Å²) < 4.78 is 39.5. The molecule has 0 bridgehead atoms. The van der Waals surface area contributed by atoms with Crippen molar-refractivity contribution in [3.8, 4) is 6.07 Å². The standard InChI is InChI=1S/C19H13F3N2S/c1-12-9-17(19(20,21)22)16(10-23)18(24-12)25-11-14-7-4-6-13-5-2-3-8-15(13)14/h2-9H,11H2,1H3. The van der Waals surface area contributed by atoms with E-state index < -0.39 is 17.3 Å². The number of benzene rings is 2. The summed E-state index contributed by atoms with van der Waals surface area (Å²) >= 11 is 1.15. The number of hydrogen-bond donors (Lipinski definition) is 0. The topological polar surface area (TPSA) is 36.7 Å². The summed E-state index contributed by atoms with van der Waals surface area (Å²) in [6.45, 7) is 1.50. The molecule has 0 amide bonds. The molecule has 2 nitrogen and oxygen atoms in total. The van der Waals surface area contributed by atoms with Gasteiger partial charge in [0.05, 0.1) is 11.1 Å². The third-order valence-corrected chi connectivity index (χ3v) is 4.80. The highest BCUT2D eigenvalue weighted by molar-refractivity contribution is 7.98. The summed E-state index contributed by atoms with van der Waals surface area (Å²) in [5.74, 6) is 0.434. The lowest BCUT2D eigenvalue weighted by Gasteiger charge is -2.13. The van der Waals surface area contributed by atoms with Gasteiger partial charge in [-0.05, 0) is 29.3 Å². The van der Waals surface area contributed by atoms with Gasteiger partial charge in [-0.3, -0.25) is 0 Å². The summed E-state index contributed by atoms with van der Waals surface area (Å²) in [6, 6.07) is 16.2. The first-order valence-electron chi connectivity index (χ1n) is 7.48. The van der Waals surface area contributed by atoms with Crippen LogP contribution in [0.25, 0.3) is 10.8 Å². The maximum Gasteiger partial charge on any atom is 0.417 e. The molecule has 0 atom stereocenters. The largest absolute Gasteiger partial charge is 0.417 e. The van der Waals surface area contributed by atoms with E-state index in [1.54, 1.807) is 6.07 Å². The molecule has 3 rings (SSSR count). The van der Waals surface area contributed by atoms with Crippen molar-refractivity contribution in [3.63, 3.8) is 0 Å². The van der Waals surface area contributed by atoms with Gasteiger partial charge >= 0.3 is 6.18 Å².